The Labute approximate surface area is 654 Å². The first-order valence-electron chi connectivity index (χ1n) is 38.3. The predicted octanol–water partition coefficient (Wildman–Crippen LogP) is 27.0. The SMILES string of the molecule is c1ccc(-c2ccc3c(c2)c2ccccc2n3-c2ccc3oc4c(-c5cccc(-c6nc(-c7ccccc7)nc(-c7ccccc7)n6)c5)cc5ccccc5c4c3c2)cc1.c1ccc(-c2nc(-c3ccccc3)nc(-c3ccc(-c4cc5ccccc5c5c4oc4ccc(-n6c7ccccc7c7ccccc76)cc45)cc3)n2)cc1. The van der Waals surface area contributed by atoms with Gasteiger partial charge in [0.1, 0.15) is 22.3 Å². The molecule has 0 unspecified atom stereocenters. The lowest BCUT2D eigenvalue weighted by molar-refractivity contribution is 0.670. The minimum absolute atomic E-state index is 0.609. The van der Waals surface area contributed by atoms with Crippen LogP contribution in [0.2, 0.25) is 0 Å². The lowest BCUT2D eigenvalue weighted by Crippen LogP contribution is -2.00. The summed E-state index contributed by atoms with van der Waals surface area (Å²) in [7, 11) is 0. The van der Waals surface area contributed by atoms with Crippen LogP contribution in [-0.4, -0.2) is 39.0 Å². The first kappa shape index (κ1) is 65.6. The summed E-state index contributed by atoms with van der Waals surface area (Å²) in [5, 5.41) is 13.9. The fourth-order valence-electron chi connectivity index (χ4n) is 16.7. The number of nitrogens with zero attached hydrogens (tertiary/aromatic N) is 8. The van der Waals surface area contributed by atoms with E-state index in [1.54, 1.807) is 0 Å². The molecule has 0 aliphatic heterocycles. The lowest BCUT2D eigenvalue weighted by atomic mass is 9.95. The van der Waals surface area contributed by atoms with E-state index in [2.05, 4.69) is 276 Å². The maximum Gasteiger partial charge on any atom is 0.164 e. The smallest absolute Gasteiger partial charge is 0.164 e. The Balaban J connectivity index is 0.000000140. The van der Waals surface area contributed by atoms with Crippen molar-refractivity contribution in [3.8, 4) is 113 Å². The number of para-hydroxylation sites is 3. The van der Waals surface area contributed by atoms with Crippen LogP contribution in [0.15, 0.2) is 397 Å². The van der Waals surface area contributed by atoms with Crippen LogP contribution in [0.25, 0.3) is 222 Å². The second kappa shape index (κ2) is 27.2. The molecule has 0 fully saturated rings. The van der Waals surface area contributed by atoms with E-state index in [9.17, 15) is 0 Å². The van der Waals surface area contributed by atoms with Gasteiger partial charge in [0.2, 0.25) is 0 Å². The molecule has 0 saturated heterocycles. The minimum Gasteiger partial charge on any atom is -0.455 e. The summed E-state index contributed by atoms with van der Waals surface area (Å²) >= 11 is 0. The van der Waals surface area contributed by atoms with Crippen molar-refractivity contribution in [2.75, 3.05) is 0 Å². The largest absolute Gasteiger partial charge is 0.455 e. The summed E-state index contributed by atoms with van der Waals surface area (Å²) in [6, 6.07) is 135. The Morgan fingerprint density at radius 2 is 0.500 bits per heavy atom. The quantitative estimate of drug-likeness (QED) is 0.126. The number of aromatic nitrogens is 8. The molecular formula is C104H64N8O2. The summed E-state index contributed by atoms with van der Waals surface area (Å²) in [6.07, 6.45) is 0. The van der Waals surface area contributed by atoms with Crippen molar-refractivity contribution >= 4 is 109 Å². The van der Waals surface area contributed by atoms with E-state index in [-0.39, 0.29) is 0 Å². The van der Waals surface area contributed by atoms with Crippen LogP contribution < -0.4 is 0 Å². The molecule has 0 radical (unpaired) electrons. The van der Waals surface area contributed by atoms with Crippen LogP contribution >= 0.6 is 0 Å². The Morgan fingerprint density at radius 1 is 0.184 bits per heavy atom. The Bertz CT molecular complexity index is 7540. The van der Waals surface area contributed by atoms with E-state index in [1.807, 2.05) is 121 Å². The van der Waals surface area contributed by atoms with Gasteiger partial charge in [-0.3, -0.25) is 0 Å². The van der Waals surface area contributed by atoms with Gasteiger partial charge in [-0.2, -0.15) is 0 Å². The number of hydrogen-bond acceptors (Lipinski definition) is 8. The number of hydrogen-bond donors (Lipinski definition) is 0. The molecule has 10 nitrogen and oxygen atoms in total. The van der Waals surface area contributed by atoms with E-state index in [0.717, 1.165) is 143 Å². The number of furan rings is 2. The third-order valence-electron chi connectivity index (χ3n) is 22.1. The molecule has 0 aliphatic rings. The maximum atomic E-state index is 6.91. The highest BCUT2D eigenvalue weighted by molar-refractivity contribution is 6.25. The van der Waals surface area contributed by atoms with Gasteiger partial charge in [0, 0.05) is 99.0 Å². The number of rotatable bonds is 11. The fourth-order valence-corrected chi connectivity index (χ4v) is 16.7. The van der Waals surface area contributed by atoms with Crippen molar-refractivity contribution in [3.05, 3.63) is 388 Å². The highest BCUT2D eigenvalue weighted by Gasteiger charge is 2.24. The van der Waals surface area contributed by atoms with Crippen LogP contribution in [0.4, 0.5) is 0 Å². The van der Waals surface area contributed by atoms with Gasteiger partial charge in [0.15, 0.2) is 34.9 Å². The highest BCUT2D eigenvalue weighted by atomic mass is 16.3. The van der Waals surface area contributed by atoms with Gasteiger partial charge in [0.25, 0.3) is 0 Å². The van der Waals surface area contributed by atoms with Crippen LogP contribution in [-0.2, 0) is 0 Å². The van der Waals surface area contributed by atoms with Crippen molar-refractivity contribution in [3.63, 3.8) is 0 Å². The van der Waals surface area contributed by atoms with Crippen molar-refractivity contribution in [1.82, 2.24) is 39.0 Å². The van der Waals surface area contributed by atoms with Gasteiger partial charge in [-0.15, -0.1) is 0 Å². The topological polar surface area (TPSA) is 113 Å². The molecule has 0 saturated carbocycles. The zero-order valence-electron chi connectivity index (χ0n) is 61.3. The molecule has 23 rings (SSSR count). The van der Waals surface area contributed by atoms with Crippen LogP contribution in [0, 0.1) is 0 Å². The molecule has 114 heavy (non-hydrogen) atoms. The molecule has 532 valence electrons. The zero-order valence-corrected chi connectivity index (χ0v) is 61.3. The van der Waals surface area contributed by atoms with Gasteiger partial charge >= 0.3 is 0 Å². The second-order valence-electron chi connectivity index (χ2n) is 28.8. The van der Waals surface area contributed by atoms with E-state index >= 15 is 0 Å². The third kappa shape index (κ3) is 11.3. The molecular weight excluding hydrogens is 1390 g/mol. The van der Waals surface area contributed by atoms with Gasteiger partial charge < -0.3 is 18.0 Å². The first-order chi connectivity index (χ1) is 56.5. The Hall–Kier alpha value is -15.5. The maximum absolute atomic E-state index is 6.91. The average molecular weight is 1460 g/mol. The molecule has 0 aliphatic carbocycles. The molecule has 23 aromatic rings. The van der Waals surface area contributed by atoms with E-state index in [1.165, 1.54) is 43.7 Å². The average Bonchev–Trinajstić information content (AvgIpc) is 1.56. The van der Waals surface area contributed by atoms with Crippen molar-refractivity contribution < 1.29 is 8.83 Å². The standard InChI is InChI=1S/C55H34N4O.C49H30N4O/c1-4-15-35(16-5-1)38-27-29-49-46(32-38)44-25-12-13-26-48(44)59(49)42-28-30-50-47(34-42)51-43-24-11-10-21-40(43)33-45(52(51)60-50)39-22-14-23-41(31-39)55-57-53(36-17-6-2-7-18-36)56-54(58-55)37-19-8-3-9-20-37;1-3-13-32(14-4-1)47-50-48(33-15-5-2-6-16-33)52-49(51-47)34-25-23-31(24-26-34)40-29-35-17-7-8-18-37(35)45-41-30-36(27-28-44(41)54-46(40)45)53-42-21-11-9-19-38(42)39-20-10-12-22-43(39)53/h1-34H;1-30H. The molecule has 17 aromatic carbocycles. The van der Waals surface area contributed by atoms with Gasteiger partial charge in [-0.25, -0.2) is 29.9 Å². The molecule has 0 atom stereocenters. The van der Waals surface area contributed by atoms with Crippen molar-refractivity contribution in [2.45, 2.75) is 0 Å². The molecule has 0 bridgehead atoms. The lowest BCUT2D eigenvalue weighted by Gasteiger charge is -2.11. The molecule has 0 spiro atoms. The van der Waals surface area contributed by atoms with Gasteiger partial charge in [-0.1, -0.05) is 303 Å². The summed E-state index contributed by atoms with van der Waals surface area (Å²) in [5.41, 5.74) is 22.4. The predicted molar refractivity (Wildman–Crippen MR) is 467 cm³/mol. The first-order valence-corrected chi connectivity index (χ1v) is 38.3. The summed E-state index contributed by atoms with van der Waals surface area (Å²) in [5.74, 6) is 3.78. The molecule has 0 amide bonds. The number of fused-ring (bicyclic) bond motifs is 16. The van der Waals surface area contributed by atoms with E-state index in [4.69, 9.17) is 38.7 Å². The van der Waals surface area contributed by atoms with Gasteiger partial charge in [0.05, 0.1) is 22.1 Å². The van der Waals surface area contributed by atoms with Crippen molar-refractivity contribution in [1.29, 1.82) is 0 Å². The fraction of sp³-hybridized carbons (Fsp3) is 0. The zero-order chi connectivity index (χ0) is 75.2. The van der Waals surface area contributed by atoms with Crippen LogP contribution in [0.5, 0.6) is 0 Å². The van der Waals surface area contributed by atoms with Crippen molar-refractivity contribution in [2.24, 2.45) is 0 Å². The molecule has 10 heteroatoms. The second-order valence-corrected chi connectivity index (χ2v) is 28.8. The van der Waals surface area contributed by atoms with E-state index < -0.39 is 0 Å². The van der Waals surface area contributed by atoms with Crippen LogP contribution in [0.3, 0.4) is 0 Å². The Kier molecular flexibility index (Phi) is 15.7. The third-order valence-corrected chi connectivity index (χ3v) is 22.1. The molecule has 6 heterocycles. The molecule has 0 N–H and O–H groups in total. The summed E-state index contributed by atoms with van der Waals surface area (Å²) < 4.78 is 18.4. The number of benzene rings is 17. The normalized spacial score (nSPS) is 11.7. The molecule has 6 aromatic heterocycles. The van der Waals surface area contributed by atoms with E-state index in [0.29, 0.717) is 34.9 Å². The highest BCUT2D eigenvalue weighted by Crippen LogP contribution is 2.47. The Morgan fingerprint density at radius 3 is 0.939 bits per heavy atom. The minimum atomic E-state index is 0.609. The van der Waals surface area contributed by atoms with Gasteiger partial charge in [-0.05, 0) is 129 Å². The summed E-state index contributed by atoms with van der Waals surface area (Å²) in [6.45, 7) is 0. The van der Waals surface area contributed by atoms with Crippen LogP contribution in [0.1, 0.15) is 0 Å². The monoisotopic (exact) mass is 1460 g/mol. The summed E-state index contributed by atoms with van der Waals surface area (Å²) in [4.78, 5) is 29.7.